The van der Waals surface area contributed by atoms with Crippen molar-refractivity contribution in [3.05, 3.63) is 108 Å². The topological polar surface area (TPSA) is 33.3 Å². The lowest BCUT2D eigenvalue weighted by molar-refractivity contribution is 0.371. The summed E-state index contributed by atoms with van der Waals surface area (Å²) >= 11 is 5.47. The first kappa shape index (κ1) is 16.4. The van der Waals surface area contributed by atoms with Crippen molar-refractivity contribution in [2.75, 3.05) is 0 Å². The summed E-state index contributed by atoms with van der Waals surface area (Å²) in [6, 6.07) is 29.9. The molecule has 1 atom stereocenters. The molecule has 0 spiro atoms. The molecule has 128 valence electrons. The van der Waals surface area contributed by atoms with E-state index in [1.165, 1.54) is 0 Å². The highest BCUT2D eigenvalue weighted by Gasteiger charge is 2.29. The van der Waals surface area contributed by atoms with Crippen LogP contribution in [-0.4, -0.2) is 5.11 Å². The van der Waals surface area contributed by atoms with Gasteiger partial charge in [-0.1, -0.05) is 78.9 Å². The van der Waals surface area contributed by atoms with E-state index >= 15 is 0 Å². The van der Waals surface area contributed by atoms with Crippen molar-refractivity contribution in [1.82, 2.24) is 10.6 Å². The minimum atomic E-state index is -0.166. The summed E-state index contributed by atoms with van der Waals surface area (Å²) in [5.74, 6) is 1.58. The van der Waals surface area contributed by atoms with Gasteiger partial charge in [0.15, 0.2) is 10.9 Å². The van der Waals surface area contributed by atoms with Crippen molar-refractivity contribution in [2.24, 2.45) is 0 Å². The van der Waals surface area contributed by atoms with Gasteiger partial charge in [-0.2, -0.15) is 0 Å². The van der Waals surface area contributed by atoms with Crippen LogP contribution in [0.4, 0.5) is 0 Å². The maximum atomic E-state index is 6.33. The first-order valence-corrected chi connectivity index (χ1v) is 8.87. The Morgan fingerprint density at radius 2 is 1.31 bits per heavy atom. The van der Waals surface area contributed by atoms with Crippen molar-refractivity contribution >= 4 is 23.0 Å². The summed E-state index contributed by atoms with van der Waals surface area (Å²) in [5, 5.41) is 7.20. The number of rotatable bonds is 4. The second-order valence-corrected chi connectivity index (χ2v) is 6.37. The van der Waals surface area contributed by atoms with E-state index in [1.54, 1.807) is 0 Å². The van der Waals surface area contributed by atoms with Crippen molar-refractivity contribution in [3.8, 4) is 5.75 Å². The minimum absolute atomic E-state index is 0.166. The predicted octanol–water partition coefficient (Wildman–Crippen LogP) is 4.65. The molecule has 4 rings (SSSR count). The third kappa shape index (κ3) is 3.46. The molecular weight excluding hydrogens is 340 g/mol. The van der Waals surface area contributed by atoms with Crippen LogP contribution in [0.2, 0.25) is 0 Å². The van der Waals surface area contributed by atoms with Crippen LogP contribution in [0.5, 0.6) is 5.75 Å². The minimum Gasteiger partial charge on any atom is -0.457 e. The van der Waals surface area contributed by atoms with Crippen LogP contribution in [-0.2, 0) is 0 Å². The van der Waals surface area contributed by atoms with Crippen LogP contribution >= 0.6 is 12.2 Å². The second kappa shape index (κ2) is 7.42. The molecule has 1 heterocycles. The summed E-state index contributed by atoms with van der Waals surface area (Å²) in [4.78, 5) is 0. The lowest BCUT2D eigenvalue weighted by Gasteiger charge is -2.32. The highest BCUT2D eigenvalue weighted by atomic mass is 32.1. The molecule has 1 aliphatic heterocycles. The van der Waals surface area contributed by atoms with Gasteiger partial charge in [-0.05, 0) is 29.9 Å². The Morgan fingerprint density at radius 1 is 0.731 bits per heavy atom. The molecule has 0 saturated carbocycles. The van der Waals surface area contributed by atoms with Crippen molar-refractivity contribution in [2.45, 2.75) is 6.04 Å². The van der Waals surface area contributed by atoms with Crippen molar-refractivity contribution < 1.29 is 4.74 Å². The molecule has 0 saturated heterocycles. The second-order valence-electron chi connectivity index (χ2n) is 5.96. The molecule has 0 radical (unpaired) electrons. The number of hydrogen-bond donors (Lipinski definition) is 2. The number of nitrogens with one attached hydrogen (secondary N) is 2. The highest BCUT2D eigenvalue weighted by Crippen LogP contribution is 2.32. The van der Waals surface area contributed by atoms with Gasteiger partial charge in [0.2, 0.25) is 0 Å². The van der Waals surface area contributed by atoms with E-state index in [0.717, 1.165) is 28.3 Å². The Bertz CT molecular complexity index is 924. The Kier molecular flexibility index (Phi) is 4.67. The van der Waals surface area contributed by atoms with Crippen molar-refractivity contribution in [3.63, 3.8) is 0 Å². The molecular formula is C22H18N2OS. The van der Waals surface area contributed by atoms with Crippen LogP contribution in [0.1, 0.15) is 17.2 Å². The summed E-state index contributed by atoms with van der Waals surface area (Å²) in [7, 11) is 0. The molecule has 3 aromatic rings. The smallest absolute Gasteiger partial charge is 0.171 e. The summed E-state index contributed by atoms with van der Waals surface area (Å²) < 4.78 is 6.33. The fourth-order valence-corrected chi connectivity index (χ4v) is 3.20. The standard InChI is InChI=1S/C22H18N2OS/c26-22-23-19(16-10-4-1-5-11-16)21(25-18-14-8-3-9-15-18)20(24-22)17-12-6-2-7-13-17/h1-15,19H,(H2,23,24,26). The zero-order valence-corrected chi connectivity index (χ0v) is 14.9. The van der Waals surface area contributed by atoms with E-state index in [2.05, 4.69) is 22.8 Å². The normalized spacial score (nSPS) is 16.6. The molecule has 26 heavy (non-hydrogen) atoms. The van der Waals surface area contributed by atoms with Gasteiger partial charge in [0.05, 0.1) is 5.70 Å². The van der Waals surface area contributed by atoms with Gasteiger partial charge in [0, 0.05) is 5.56 Å². The number of benzene rings is 3. The fourth-order valence-electron chi connectivity index (χ4n) is 2.98. The van der Waals surface area contributed by atoms with E-state index in [4.69, 9.17) is 17.0 Å². The quantitative estimate of drug-likeness (QED) is 0.665. The van der Waals surface area contributed by atoms with E-state index in [-0.39, 0.29) is 6.04 Å². The van der Waals surface area contributed by atoms with Gasteiger partial charge in [-0.3, -0.25) is 0 Å². The first-order chi connectivity index (χ1) is 12.8. The van der Waals surface area contributed by atoms with E-state index in [1.807, 2.05) is 78.9 Å². The Labute approximate surface area is 158 Å². The molecule has 3 aromatic carbocycles. The molecule has 3 nitrogen and oxygen atoms in total. The third-order valence-electron chi connectivity index (χ3n) is 4.19. The van der Waals surface area contributed by atoms with Crippen LogP contribution in [0.15, 0.2) is 96.8 Å². The van der Waals surface area contributed by atoms with E-state index < -0.39 is 0 Å². The summed E-state index contributed by atoms with van der Waals surface area (Å²) in [6.07, 6.45) is 0. The van der Waals surface area contributed by atoms with Gasteiger partial charge >= 0.3 is 0 Å². The van der Waals surface area contributed by atoms with Crippen LogP contribution in [0.3, 0.4) is 0 Å². The van der Waals surface area contributed by atoms with E-state index in [0.29, 0.717) is 5.11 Å². The van der Waals surface area contributed by atoms with Gasteiger partial charge in [-0.25, -0.2) is 0 Å². The zero-order chi connectivity index (χ0) is 17.8. The van der Waals surface area contributed by atoms with Gasteiger partial charge < -0.3 is 15.4 Å². The maximum absolute atomic E-state index is 6.33. The number of ether oxygens (including phenoxy) is 1. The molecule has 0 fully saturated rings. The average Bonchev–Trinajstić information content (AvgIpc) is 2.71. The van der Waals surface area contributed by atoms with Crippen molar-refractivity contribution in [1.29, 1.82) is 0 Å². The largest absolute Gasteiger partial charge is 0.457 e. The lowest BCUT2D eigenvalue weighted by atomic mass is 9.99. The Morgan fingerprint density at radius 3 is 1.96 bits per heavy atom. The first-order valence-electron chi connectivity index (χ1n) is 8.46. The summed E-state index contributed by atoms with van der Waals surface area (Å²) in [5.41, 5.74) is 3.01. The highest BCUT2D eigenvalue weighted by molar-refractivity contribution is 7.80. The predicted molar refractivity (Wildman–Crippen MR) is 108 cm³/mol. The molecule has 0 bridgehead atoms. The average molecular weight is 358 g/mol. The molecule has 0 aromatic heterocycles. The molecule has 0 amide bonds. The van der Waals surface area contributed by atoms with Crippen LogP contribution in [0.25, 0.3) is 5.70 Å². The summed E-state index contributed by atoms with van der Waals surface area (Å²) in [6.45, 7) is 0. The fraction of sp³-hybridized carbons (Fsp3) is 0.0455. The SMILES string of the molecule is S=C1NC(c2ccccc2)=C(Oc2ccccc2)C(c2ccccc2)N1. The van der Waals surface area contributed by atoms with Crippen LogP contribution < -0.4 is 15.4 Å². The lowest BCUT2D eigenvalue weighted by Crippen LogP contribution is -2.44. The third-order valence-corrected chi connectivity index (χ3v) is 4.41. The zero-order valence-electron chi connectivity index (χ0n) is 14.1. The molecule has 4 heteroatoms. The molecule has 1 aliphatic rings. The van der Waals surface area contributed by atoms with Gasteiger partial charge in [-0.15, -0.1) is 0 Å². The molecule has 0 aliphatic carbocycles. The molecule has 1 unspecified atom stereocenters. The monoisotopic (exact) mass is 358 g/mol. The Balaban J connectivity index is 1.85. The van der Waals surface area contributed by atoms with Gasteiger partial charge in [0.25, 0.3) is 0 Å². The van der Waals surface area contributed by atoms with Gasteiger partial charge in [0.1, 0.15) is 11.8 Å². The number of thiocarbonyl (C=S) groups is 1. The van der Waals surface area contributed by atoms with Crippen LogP contribution in [0, 0.1) is 0 Å². The Hall–Kier alpha value is -3.11. The number of hydrogen-bond acceptors (Lipinski definition) is 2. The number of para-hydroxylation sites is 1. The molecule has 2 N–H and O–H groups in total. The van der Waals surface area contributed by atoms with E-state index in [9.17, 15) is 0 Å². The maximum Gasteiger partial charge on any atom is 0.171 e.